The molecule has 82 valence electrons. The van der Waals surface area contributed by atoms with E-state index >= 15 is 0 Å². The second-order valence-electron chi connectivity index (χ2n) is 4.16. The van der Waals surface area contributed by atoms with Crippen molar-refractivity contribution >= 4 is 17.4 Å². The Hall–Kier alpha value is -0.830. The highest BCUT2D eigenvalue weighted by Gasteiger charge is 2.22. The van der Waals surface area contributed by atoms with E-state index in [0.29, 0.717) is 11.2 Å². The molecule has 0 unspecified atom stereocenters. The SMILES string of the molecule is Cc1c(Cl)ncnc1N(C)C1CCCC1. The van der Waals surface area contributed by atoms with Crippen molar-refractivity contribution in [2.24, 2.45) is 0 Å². The average Bonchev–Trinajstić information content (AvgIpc) is 2.74. The monoisotopic (exact) mass is 225 g/mol. The highest BCUT2D eigenvalue weighted by atomic mass is 35.5. The van der Waals surface area contributed by atoms with Gasteiger partial charge in [0, 0.05) is 18.7 Å². The molecule has 0 atom stereocenters. The summed E-state index contributed by atoms with van der Waals surface area (Å²) in [5.74, 6) is 0.974. The van der Waals surface area contributed by atoms with E-state index < -0.39 is 0 Å². The topological polar surface area (TPSA) is 29.0 Å². The fraction of sp³-hybridized carbons (Fsp3) is 0.636. The molecule has 4 heteroatoms. The van der Waals surface area contributed by atoms with Crippen LogP contribution in [0.3, 0.4) is 0 Å². The first-order chi connectivity index (χ1) is 7.20. The third-order valence-electron chi connectivity index (χ3n) is 3.20. The third-order valence-corrected chi connectivity index (χ3v) is 3.58. The second kappa shape index (κ2) is 4.35. The standard InChI is InChI=1S/C11H16ClN3/c1-8-10(12)13-7-14-11(8)15(2)9-5-3-4-6-9/h7,9H,3-6H2,1-2H3. The van der Waals surface area contributed by atoms with Gasteiger partial charge in [0.15, 0.2) is 0 Å². The van der Waals surface area contributed by atoms with Gasteiger partial charge in [-0.05, 0) is 19.8 Å². The quantitative estimate of drug-likeness (QED) is 0.725. The first-order valence-electron chi connectivity index (χ1n) is 5.40. The Balaban J connectivity index is 2.24. The first-order valence-corrected chi connectivity index (χ1v) is 5.78. The van der Waals surface area contributed by atoms with Gasteiger partial charge in [0.2, 0.25) is 0 Å². The molecule has 1 aromatic rings. The van der Waals surface area contributed by atoms with Crippen LogP contribution in [0.5, 0.6) is 0 Å². The summed E-state index contributed by atoms with van der Waals surface area (Å²) in [6.07, 6.45) is 6.71. The molecule has 1 aliphatic rings. The van der Waals surface area contributed by atoms with Gasteiger partial charge < -0.3 is 4.90 Å². The second-order valence-corrected chi connectivity index (χ2v) is 4.52. The van der Waals surface area contributed by atoms with Crippen molar-refractivity contribution in [2.45, 2.75) is 38.6 Å². The average molecular weight is 226 g/mol. The lowest BCUT2D eigenvalue weighted by Gasteiger charge is -2.26. The highest BCUT2D eigenvalue weighted by molar-refractivity contribution is 6.30. The predicted octanol–water partition coefficient (Wildman–Crippen LogP) is 2.82. The van der Waals surface area contributed by atoms with E-state index in [1.807, 2.05) is 6.92 Å². The zero-order chi connectivity index (χ0) is 10.8. The number of nitrogens with zero attached hydrogens (tertiary/aromatic N) is 3. The van der Waals surface area contributed by atoms with Crippen LogP contribution < -0.4 is 4.90 Å². The summed E-state index contributed by atoms with van der Waals surface area (Å²) in [5, 5.41) is 0.560. The van der Waals surface area contributed by atoms with Crippen LogP contribution in [0.4, 0.5) is 5.82 Å². The van der Waals surface area contributed by atoms with Gasteiger partial charge >= 0.3 is 0 Å². The van der Waals surface area contributed by atoms with Gasteiger partial charge in [-0.15, -0.1) is 0 Å². The lowest BCUT2D eigenvalue weighted by atomic mass is 10.2. The Bertz CT molecular complexity index is 348. The van der Waals surface area contributed by atoms with Crippen molar-refractivity contribution in [2.75, 3.05) is 11.9 Å². The van der Waals surface area contributed by atoms with Gasteiger partial charge in [-0.1, -0.05) is 24.4 Å². The van der Waals surface area contributed by atoms with Crippen LogP contribution in [0, 0.1) is 6.92 Å². The minimum absolute atomic E-state index is 0.560. The van der Waals surface area contributed by atoms with E-state index in [1.165, 1.54) is 32.0 Å². The Labute approximate surface area is 95.5 Å². The smallest absolute Gasteiger partial charge is 0.137 e. The number of halogens is 1. The first kappa shape index (κ1) is 10.7. The molecule has 2 rings (SSSR count). The lowest BCUT2D eigenvalue weighted by molar-refractivity contribution is 0.644. The summed E-state index contributed by atoms with van der Waals surface area (Å²) < 4.78 is 0. The Morgan fingerprint density at radius 2 is 2.00 bits per heavy atom. The molecule has 1 heterocycles. The Morgan fingerprint density at radius 1 is 1.33 bits per heavy atom. The molecule has 0 amide bonds. The molecule has 0 saturated heterocycles. The van der Waals surface area contributed by atoms with Crippen molar-refractivity contribution in [1.29, 1.82) is 0 Å². The summed E-state index contributed by atoms with van der Waals surface area (Å²) in [6, 6.07) is 0.620. The Kier molecular flexibility index (Phi) is 3.10. The molecule has 1 aromatic heterocycles. The van der Waals surface area contributed by atoms with Crippen LogP contribution in [0.25, 0.3) is 0 Å². The van der Waals surface area contributed by atoms with Crippen molar-refractivity contribution in [3.05, 3.63) is 17.0 Å². The number of rotatable bonds is 2. The van der Waals surface area contributed by atoms with E-state index in [9.17, 15) is 0 Å². The van der Waals surface area contributed by atoms with Gasteiger partial charge in [-0.25, -0.2) is 9.97 Å². The molecule has 0 N–H and O–H groups in total. The molecule has 0 radical (unpaired) electrons. The Morgan fingerprint density at radius 3 is 2.67 bits per heavy atom. The summed E-state index contributed by atoms with van der Waals surface area (Å²) in [4.78, 5) is 10.5. The van der Waals surface area contributed by atoms with E-state index in [1.54, 1.807) is 0 Å². The molecule has 1 fully saturated rings. The van der Waals surface area contributed by atoms with Crippen LogP contribution in [0.15, 0.2) is 6.33 Å². The molecule has 0 aromatic carbocycles. The maximum atomic E-state index is 5.99. The van der Waals surface area contributed by atoms with Crippen molar-refractivity contribution in [3.63, 3.8) is 0 Å². The summed E-state index contributed by atoms with van der Waals surface area (Å²) >= 11 is 5.99. The van der Waals surface area contributed by atoms with Gasteiger partial charge in [0.1, 0.15) is 17.3 Å². The molecule has 0 aliphatic heterocycles. The number of aromatic nitrogens is 2. The minimum atomic E-state index is 0.560. The van der Waals surface area contributed by atoms with Crippen molar-refractivity contribution < 1.29 is 0 Å². The van der Waals surface area contributed by atoms with Crippen LogP contribution >= 0.6 is 11.6 Å². The van der Waals surface area contributed by atoms with E-state index in [-0.39, 0.29) is 0 Å². The van der Waals surface area contributed by atoms with Gasteiger partial charge in [0.25, 0.3) is 0 Å². The molecule has 1 aliphatic carbocycles. The van der Waals surface area contributed by atoms with E-state index in [0.717, 1.165) is 11.4 Å². The van der Waals surface area contributed by atoms with Crippen molar-refractivity contribution in [1.82, 2.24) is 9.97 Å². The maximum Gasteiger partial charge on any atom is 0.137 e. The van der Waals surface area contributed by atoms with Gasteiger partial charge in [-0.2, -0.15) is 0 Å². The van der Waals surface area contributed by atoms with Gasteiger partial charge in [-0.3, -0.25) is 0 Å². The maximum absolute atomic E-state index is 5.99. The normalized spacial score (nSPS) is 17.0. The molecular weight excluding hydrogens is 210 g/mol. The molecule has 15 heavy (non-hydrogen) atoms. The van der Waals surface area contributed by atoms with Gasteiger partial charge in [0.05, 0.1) is 0 Å². The molecule has 3 nitrogen and oxygen atoms in total. The zero-order valence-corrected chi connectivity index (χ0v) is 9.96. The number of anilines is 1. The summed E-state index contributed by atoms with van der Waals surface area (Å²) in [6.45, 7) is 1.98. The fourth-order valence-corrected chi connectivity index (χ4v) is 2.37. The number of hydrogen-bond acceptors (Lipinski definition) is 3. The summed E-state index contributed by atoms with van der Waals surface area (Å²) in [7, 11) is 2.10. The molecule has 0 bridgehead atoms. The predicted molar refractivity (Wildman–Crippen MR) is 62.4 cm³/mol. The van der Waals surface area contributed by atoms with Crippen molar-refractivity contribution in [3.8, 4) is 0 Å². The third kappa shape index (κ3) is 2.07. The van der Waals surface area contributed by atoms with E-state index in [4.69, 9.17) is 11.6 Å². The largest absolute Gasteiger partial charge is 0.356 e. The summed E-state index contributed by atoms with van der Waals surface area (Å²) in [5.41, 5.74) is 0.980. The molecular formula is C11H16ClN3. The lowest BCUT2D eigenvalue weighted by Crippen LogP contribution is -2.30. The molecule has 0 spiro atoms. The van der Waals surface area contributed by atoms with Crippen LogP contribution in [0.1, 0.15) is 31.2 Å². The fourth-order valence-electron chi connectivity index (χ4n) is 2.24. The minimum Gasteiger partial charge on any atom is -0.356 e. The van der Waals surface area contributed by atoms with Crippen LogP contribution in [-0.4, -0.2) is 23.1 Å². The zero-order valence-electron chi connectivity index (χ0n) is 9.20. The van der Waals surface area contributed by atoms with E-state index in [2.05, 4.69) is 21.9 Å². The van der Waals surface area contributed by atoms with Crippen LogP contribution in [-0.2, 0) is 0 Å². The number of hydrogen-bond donors (Lipinski definition) is 0. The molecule has 1 saturated carbocycles. The highest BCUT2D eigenvalue weighted by Crippen LogP contribution is 2.29. The van der Waals surface area contributed by atoms with Crippen LogP contribution in [0.2, 0.25) is 5.15 Å².